The number of hydrogen-bond donors (Lipinski definition) is 1. The second-order valence-corrected chi connectivity index (χ2v) is 8.85. The van der Waals surface area contributed by atoms with Crippen LogP contribution in [0, 0.1) is 6.92 Å². The summed E-state index contributed by atoms with van der Waals surface area (Å²) < 4.78 is 1.97. The maximum Gasteiger partial charge on any atom is 0.227 e. The number of anilines is 3. The fourth-order valence-electron chi connectivity index (χ4n) is 4.17. The molecule has 1 saturated heterocycles. The van der Waals surface area contributed by atoms with E-state index in [0.29, 0.717) is 22.7 Å². The Morgan fingerprint density at radius 2 is 2.00 bits per heavy atom. The number of likely N-dealkylation sites (N-methyl/N-ethyl adjacent to an activating group) is 1. The molecule has 1 N–H and O–H groups in total. The van der Waals surface area contributed by atoms with Gasteiger partial charge in [0.25, 0.3) is 0 Å². The predicted molar refractivity (Wildman–Crippen MR) is 130 cm³/mol. The summed E-state index contributed by atoms with van der Waals surface area (Å²) in [5, 5.41) is 3.88. The highest BCUT2D eigenvalue weighted by atomic mass is 35.5. The fraction of sp³-hybridized carbons (Fsp3) is 0.292. The van der Waals surface area contributed by atoms with Gasteiger partial charge in [-0.1, -0.05) is 23.7 Å². The van der Waals surface area contributed by atoms with E-state index in [4.69, 9.17) is 16.6 Å². The van der Waals surface area contributed by atoms with Crippen molar-refractivity contribution in [2.24, 2.45) is 0 Å². The van der Waals surface area contributed by atoms with Crippen LogP contribution in [0.1, 0.15) is 12.0 Å². The summed E-state index contributed by atoms with van der Waals surface area (Å²) in [4.78, 5) is 18.3. The van der Waals surface area contributed by atoms with Crippen molar-refractivity contribution >= 4 is 34.6 Å². The van der Waals surface area contributed by atoms with Gasteiger partial charge in [-0.25, -0.2) is 15.0 Å². The standard InChI is InChI=1S/C24H26ClN7/c1-16-7-8-17(31-11-9-18(15-31)30(2)3)12-20(16)28-24-27-13-19(25)23(29-24)21-14-26-22-6-4-5-10-32(21)22/h4-8,10,12-14,18H,9,11,15H2,1-3H3,(H,27,28,29)/t18-/m0/s1. The molecule has 7 nitrogen and oxygen atoms in total. The molecule has 1 fully saturated rings. The molecule has 3 aromatic heterocycles. The van der Waals surface area contributed by atoms with Gasteiger partial charge in [-0.05, 0) is 57.3 Å². The molecular weight excluding hydrogens is 422 g/mol. The minimum atomic E-state index is 0.485. The van der Waals surface area contributed by atoms with Gasteiger partial charge in [-0.2, -0.15) is 0 Å². The molecule has 4 heterocycles. The fourth-order valence-corrected chi connectivity index (χ4v) is 4.36. The quantitative estimate of drug-likeness (QED) is 0.481. The van der Waals surface area contributed by atoms with Gasteiger partial charge in [0.1, 0.15) is 11.3 Å². The average molecular weight is 448 g/mol. The van der Waals surface area contributed by atoms with Crippen molar-refractivity contribution in [3.63, 3.8) is 0 Å². The highest BCUT2D eigenvalue weighted by Crippen LogP contribution is 2.31. The van der Waals surface area contributed by atoms with Crippen LogP contribution >= 0.6 is 11.6 Å². The molecule has 1 atom stereocenters. The van der Waals surface area contributed by atoms with E-state index in [0.717, 1.165) is 35.7 Å². The minimum Gasteiger partial charge on any atom is -0.370 e. The third kappa shape index (κ3) is 3.89. The lowest BCUT2D eigenvalue weighted by Gasteiger charge is -2.23. The lowest BCUT2D eigenvalue weighted by molar-refractivity contribution is 0.315. The van der Waals surface area contributed by atoms with Crippen LogP contribution in [0.4, 0.5) is 17.3 Å². The van der Waals surface area contributed by atoms with E-state index in [1.807, 2.05) is 28.8 Å². The molecule has 0 amide bonds. The number of benzene rings is 1. The topological polar surface area (TPSA) is 61.6 Å². The van der Waals surface area contributed by atoms with Crippen LogP contribution in [-0.4, -0.2) is 57.5 Å². The summed E-state index contributed by atoms with van der Waals surface area (Å²) >= 11 is 6.47. The van der Waals surface area contributed by atoms with Crippen LogP contribution in [-0.2, 0) is 0 Å². The number of rotatable bonds is 5. The molecule has 0 radical (unpaired) electrons. The molecule has 164 valence electrons. The third-order valence-electron chi connectivity index (χ3n) is 6.13. The van der Waals surface area contributed by atoms with Gasteiger partial charge >= 0.3 is 0 Å². The number of halogens is 1. The second-order valence-electron chi connectivity index (χ2n) is 8.44. The predicted octanol–water partition coefficient (Wildman–Crippen LogP) is 4.64. The number of nitrogens with zero attached hydrogens (tertiary/aromatic N) is 6. The van der Waals surface area contributed by atoms with Crippen LogP contribution in [0.15, 0.2) is 55.0 Å². The molecule has 4 aromatic rings. The first-order chi connectivity index (χ1) is 15.5. The first-order valence-corrected chi connectivity index (χ1v) is 11.1. The minimum absolute atomic E-state index is 0.485. The van der Waals surface area contributed by atoms with E-state index in [-0.39, 0.29) is 0 Å². The van der Waals surface area contributed by atoms with E-state index in [9.17, 15) is 0 Å². The maximum atomic E-state index is 6.47. The number of hydrogen-bond acceptors (Lipinski definition) is 6. The van der Waals surface area contributed by atoms with Crippen molar-refractivity contribution in [3.8, 4) is 11.4 Å². The van der Waals surface area contributed by atoms with Gasteiger partial charge in [0.05, 0.1) is 23.1 Å². The van der Waals surface area contributed by atoms with Gasteiger partial charge in [0, 0.05) is 36.7 Å². The Hall–Kier alpha value is -3.16. The van der Waals surface area contributed by atoms with Crippen LogP contribution in [0.5, 0.6) is 0 Å². The molecule has 1 aliphatic heterocycles. The van der Waals surface area contributed by atoms with Gasteiger partial charge in [0.2, 0.25) is 5.95 Å². The van der Waals surface area contributed by atoms with Crippen molar-refractivity contribution in [2.75, 3.05) is 37.4 Å². The number of fused-ring (bicyclic) bond motifs is 1. The van der Waals surface area contributed by atoms with Crippen LogP contribution in [0.25, 0.3) is 17.0 Å². The largest absolute Gasteiger partial charge is 0.370 e. The van der Waals surface area contributed by atoms with Crippen molar-refractivity contribution in [1.29, 1.82) is 0 Å². The molecule has 0 saturated carbocycles. The zero-order chi connectivity index (χ0) is 22.2. The first-order valence-electron chi connectivity index (χ1n) is 10.7. The van der Waals surface area contributed by atoms with Gasteiger partial charge in [0.15, 0.2) is 0 Å². The number of aromatic nitrogens is 4. The van der Waals surface area contributed by atoms with Gasteiger partial charge in [-0.15, -0.1) is 0 Å². The highest BCUT2D eigenvalue weighted by Gasteiger charge is 2.24. The van der Waals surface area contributed by atoms with E-state index < -0.39 is 0 Å². The third-order valence-corrected chi connectivity index (χ3v) is 6.41. The molecule has 0 unspecified atom stereocenters. The molecule has 0 bridgehead atoms. The summed E-state index contributed by atoms with van der Waals surface area (Å²) in [5.74, 6) is 0.503. The lowest BCUT2D eigenvalue weighted by Crippen LogP contribution is -2.31. The Morgan fingerprint density at radius 3 is 2.81 bits per heavy atom. The average Bonchev–Trinajstić information content (AvgIpc) is 3.44. The first kappa shape index (κ1) is 20.7. The number of pyridine rings is 1. The van der Waals surface area contributed by atoms with Crippen LogP contribution in [0.2, 0.25) is 5.02 Å². The Morgan fingerprint density at radius 1 is 1.12 bits per heavy atom. The normalized spacial score (nSPS) is 16.3. The monoisotopic (exact) mass is 447 g/mol. The summed E-state index contributed by atoms with van der Waals surface area (Å²) in [6.07, 6.45) is 6.55. The van der Waals surface area contributed by atoms with Crippen molar-refractivity contribution in [1.82, 2.24) is 24.3 Å². The zero-order valence-corrected chi connectivity index (χ0v) is 19.2. The molecule has 1 aromatic carbocycles. The molecule has 0 spiro atoms. The smallest absolute Gasteiger partial charge is 0.227 e. The molecular formula is C24H26ClN7. The Labute approximate surface area is 192 Å². The Kier molecular flexibility index (Phi) is 5.45. The summed E-state index contributed by atoms with van der Waals surface area (Å²) in [6, 6.07) is 13.0. The molecule has 5 rings (SSSR count). The van der Waals surface area contributed by atoms with E-state index in [2.05, 4.69) is 64.3 Å². The zero-order valence-electron chi connectivity index (χ0n) is 18.5. The molecule has 32 heavy (non-hydrogen) atoms. The van der Waals surface area contributed by atoms with E-state index in [1.165, 1.54) is 12.1 Å². The molecule has 0 aliphatic carbocycles. The SMILES string of the molecule is Cc1ccc(N2CC[C@H](N(C)C)C2)cc1Nc1ncc(Cl)c(-c2cnc3ccccn23)n1. The van der Waals surface area contributed by atoms with E-state index in [1.54, 1.807) is 12.4 Å². The summed E-state index contributed by atoms with van der Waals surface area (Å²) in [7, 11) is 4.30. The molecule has 1 aliphatic rings. The van der Waals surface area contributed by atoms with Crippen molar-refractivity contribution < 1.29 is 0 Å². The van der Waals surface area contributed by atoms with Gasteiger partial charge < -0.3 is 15.1 Å². The number of imidazole rings is 1. The summed E-state index contributed by atoms with van der Waals surface area (Å²) in [6.45, 7) is 4.17. The van der Waals surface area contributed by atoms with Crippen LogP contribution in [0.3, 0.4) is 0 Å². The van der Waals surface area contributed by atoms with Crippen molar-refractivity contribution in [3.05, 3.63) is 65.6 Å². The maximum absolute atomic E-state index is 6.47. The van der Waals surface area contributed by atoms with E-state index >= 15 is 0 Å². The number of nitrogens with one attached hydrogen (secondary N) is 1. The lowest BCUT2D eigenvalue weighted by atomic mass is 10.1. The molecule has 8 heteroatoms. The highest BCUT2D eigenvalue weighted by molar-refractivity contribution is 6.32. The van der Waals surface area contributed by atoms with Crippen LogP contribution < -0.4 is 10.2 Å². The second kappa shape index (κ2) is 8.41. The Balaban J connectivity index is 1.44. The van der Waals surface area contributed by atoms with Crippen molar-refractivity contribution in [2.45, 2.75) is 19.4 Å². The number of aryl methyl sites for hydroxylation is 1. The Bertz CT molecular complexity index is 1270. The van der Waals surface area contributed by atoms with Gasteiger partial charge in [-0.3, -0.25) is 4.40 Å². The summed E-state index contributed by atoms with van der Waals surface area (Å²) in [5.41, 5.74) is 5.64.